The lowest BCUT2D eigenvalue weighted by atomic mass is 10.2. The van der Waals surface area contributed by atoms with Gasteiger partial charge in [-0.15, -0.1) is 0 Å². The van der Waals surface area contributed by atoms with Crippen molar-refractivity contribution >= 4 is 46.6 Å². The summed E-state index contributed by atoms with van der Waals surface area (Å²) in [6.07, 6.45) is 3.74. The molecule has 7 heterocycles. The molecule has 0 bridgehead atoms. The summed E-state index contributed by atoms with van der Waals surface area (Å²) in [5.41, 5.74) is 0. The third kappa shape index (κ3) is 1.09. The summed E-state index contributed by atoms with van der Waals surface area (Å²) in [6.45, 7) is 4.15. The van der Waals surface area contributed by atoms with Crippen molar-refractivity contribution in [1.82, 2.24) is 9.47 Å². The van der Waals surface area contributed by atoms with Crippen molar-refractivity contribution in [2.45, 2.75) is 45.4 Å². The van der Waals surface area contributed by atoms with Crippen LogP contribution in [-0.4, -0.2) is 53.6 Å². The third-order valence-electron chi connectivity index (χ3n) is 5.93. The monoisotopic (exact) mass is 332 g/mol. The molecule has 6 aliphatic rings. The Kier molecular flexibility index (Phi) is 1.76. The first-order valence-corrected chi connectivity index (χ1v) is 8.80. The Balaban J connectivity index is 1.75. The Hall–Kier alpha value is -2.90. The number of aromatic nitrogens is 1. The van der Waals surface area contributed by atoms with Gasteiger partial charge in [-0.1, -0.05) is 15.0 Å². The highest BCUT2D eigenvalue weighted by Crippen LogP contribution is 2.48. The van der Waals surface area contributed by atoms with Crippen molar-refractivity contribution < 1.29 is 9.15 Å². The first-order chi connectivity index (χ1) is 12.2. The molecule has 0 fully saturated rings. The van der Waals surface area contributed by atoms with E-state index in [4.69, 9.17) is 20.0 Å². The molecule has 0 aromatic carbocycles. The Bertz CT molecular complexity index is 1120. The topological polar surface area (TPSA) is 63.6 Å². The lowest BCUT2D eigenvalue weighted by molar-refractivity contribution is -0.805. The molecule has 1 aromatic heterocycles. The summed E-state index contributed by atoms with van der Waals surface area (Å²) in [6, 6.07) is 4.15. The lowest BCUT2D eigenvalue weighted by Gasteiger charge is -2.48. The van der Waals surface area contributed by atoms with Crippen LogP contribution in [0.25, 0.3) is 0 Å². The Morgan fingerprint density at radius 3 is 2.16 bits per heavy atom. The average Bonchev–Trinajstić information content (AvgIpc) is 3.28. The third-order valence-corrected chi connectivity index (χ3v) is 5.93. The molecule has 25 heavy (non-hydrogen) atoms. The lowest BCUT2D eigenvalue weighted by Crippen LogP contribution is -2.73. The highest BCUT2D eigenvalue weighted by atomic mass is 15.7. The average molecular weight is 332 g/mol. The number of aliphatic imine (C=N–C) groups is 4. The molecule has 0 radical (unpaired) electrons. The van der Waals surface area contributed by atoms with Gasteiger partial charge in [0.2, 0.25) is 29.2 Å². The van der Waals surface area contributed by atoms with Gasteiger partial charge >= 0.3 is 5.91 Å². The molecule has 0 aliphatic carbocycles. The molecule has 7 rings (SSSR count). The van der Waals surface area contributed by atoms with E-state index in [1.54, 1.807) is 0 Å². The second kappa shape index (κ2) is 3.54. The highest BCUT2D eigenvalue weighted by molar-refractivity contribution is 6.11. The van der Waals surface area contributed by atoms with Crippen LogP contribution in [0.15, 0.2) is 32.1 Å². The minimum Gasteiger partial charge on any atom is -0.217 e. The maximum absolute atomic E-state index is 5.00. The molecular weight excluding hydrogens is 316 g/mol. The van der Waals surface area contributed by atoms with Crippen LogP contribution in [0.3, 0.4) is 0 Å². The maximum atomic E-state index is 5.00. The van der Waals surface area contributed by atoms with Crippen molar-refractivity contribution in [2.24, 2.45) is 20.0 Å². The molecular formula is C17H16N8+2. The zero-order valence-corrected chi connectivity index (χ0v) is 14.1. The SMILES string of the molecule is CC1=NC2=[N+]3C(=NC4=[N+]5C(=Nc6ccc7n6[C@@]35N1C(C)=N7)CC4)CC2. The van der Waals surface area contributed by atoms with Gasteiger partial charge in [0.1, 0.15) is 11.7 Å². The van der Waals surface area contributed by atoms with Gasteiger partial charge in [-0.2, -0.15) is 9.15 Å². The number of rotatable bonds is 0. The minimum atomic E-state index is -0.558. The van der Waals surface area contributed by atoms with Gasteiger partial charge in [0.15, 0.2) is 5.84 Å². The fraction of sp³-hybridized carbons (Fsp3) is 0.412. The zero-order valence-electron chi connectivity index (χ0n) is 14.1. The predicted molar refractivity (Wildman–Crippen MR) is 93.7 cm³/mol. The standard InChI is InChI=1S/C17H16N8/c1-9-18-11-3-5-13-20-15-7-8-16-21-14-6-4-12-19-10(2)22(9)17(23(11)13,24(12)14)25(15)16/h3,5H,4,6-8H2,1-2H3/q+2/t17-/m0/s1. The van der Waals surface area contributed by atoms with E-state index < -0.39 is 5.91 Å². The van der Waals surface area contributed by atoms with Gasteiger partial charge in [-0.25, -0.2) is 14.5 Å². The van der Waals surface area contributed by atoms with E-state index in [-0.39, 0.29) is 0 Å². The van der Waals surface area contributed by atoms with E-state index in [1.165, 1.54) is 0 Å². The first-order valence-electron chi connectivity index (χ1n) is 8.80. The van der Waals surface area contributed by atoms with Crippen LogP contribution in [0.5, 0.6) is 0 Å². The van der Waals surface area contributed by atoms with Crippen LogP contribution in [0.4, 0.5) is 11.6 Å². The molecule has 0 saturated heterocycles. The van der Waals surface area contributed by atoms with Crippen molar-refractivity contribution in [3.8, 4) is 0 Å². The molecule has 8 heteroatoms. The van der Waals surface area contributed by atoms with Crippen LogP contribution in [0, 0.1) is 0 Å². The fourth-order valence-electron chi connectivity index (χ4n) is 5.21. The van der Waals surface area contributed by atoms with E-state index in [1.807, 2.05) is 0 Å². The minimum absolute atomic E-state index is 0.558. The predicted octanol–water partition coefficient (Wildman–Crippen LogP) is 1.72. The van der Waals surface area contributed by atoms with Crippen LogP contribution in [0.2, 0.25) is 0 Å². The molecule has 0 saturated carbocycles. The van der Waals surface area contributed by atoms with E-state index >= 15 is 0 Å². The van der Waals surface area contributed by atoms with Gasteiger partial charge < -0.3 is 0 Å². The number of hydrogen-bond donors (Lipinski definition) is 0. The normalized spacial score (nSPS) is 30.1. The summed E-state index contributed by atoms with van der Waals surface area (Å²) >= 11 is 0. The summed E-state index contributed by atoms with van der Waals surface area (Å²) in [7, 11) is 0. The van der Waals surface area contributed by atoms with Gasteiger partial charge in [-0.05, 0) is 13.0 Å². The van der Waals surface area contributed by atoms with Crippen molar-refractivity contribution in [3.05, 3.63) is 12.1 Å². The largest absolute Gasteiger partial charge is 0.400 e. The van der Waals surface area contributed by atoms with Crippen molar-refractivity contribution in [1.29, 1.82) is 0 Å². The number of amidine groups is 6. The molecule has 6 aliphatic heterocycles. The highest BCUT2D eigenvalue weighted by Gasteiger charge is 2.68. The van der Waals surface area contributed by atoms with Crippen LogP contribution in [0.1, 0.15) is 39.5 Å². The molecule has 1 spiro atoms. The smallest absolute Gasteiger partial charge is 0.217 e. The molecule has 1 atom stereocenters. The fourth-order valence-corrected chi connectivity index (χ4v) is 5.21. The van der Waals surface area contributed by atoms with Gasteiger partial charge in [0.25, 0.3) is 0 Å². The quantitative estimate of drug-likeness (QED) is 0.667. The summed E-state index contributed by atoms with van der Waals surface area (Å²) < 4.78 is 6.91. The summed E-state index contributed by atoms with van der Waals surface area (Å²) in [5, 5.41) is 0. The number of nitrogens with zero attached hydrogens (tertiary/aromatic N) is 8. The second-order valence-electron chi connectivity index (χ2n) is 7.20. The molecule has 8 nitrogen and oxygen atoms in total. The van der Waals surface area contributed by atoms with Gasteiger partial charge in [0.05, 0.1) is 0 Å². The van der Waals surface area contributed by atoms with Gasteiger partial charge in [0, 0.05) is 38.7 Å². The zero-order chi connectivity index (χ0) is 16.5. The molecule has 122 valence electrons. The van der Waals surface area contributed by atoms with E-state index in [9.17, 15) is 0 Å². The van der Waals surface area contributed by atoms with E-state index in [2.05, 4.69) is 44.6 Å². The Morgan fingerprint density at radius 2 is 1.40 bits per heavy atom. The number of hydrogen-bond acceptors (Lipinski definition) is 5. The van der Waals surface area contributed by atoms with Crippen LogP contribution >= 0.6 is 0 Å². The summed E-state index contributed by atoms with van der Waals surface area (Å²) in [5.74, 6) is 7.71. The van der Waals surface area contributed by atoms with Crippen molar-refractivity contribution in [3.63, 3.8) is 0 Å². The molecule has 1 aromatic rings. The van der Waals surface area contributed by atoms with Crippen molar-refractivity contribution in [2.75, 3.05) is 0 Å². The van der Waals surface area contributed by atoms with E-state index in [0.29, 0.717) is 0 Å². The second-order valence-corrected chi connectivity index (χ2v) is 7.20. The molecule has 0 N–H and O–H groups in total. The van der Waals surface area contributed by atoms with Crippen LogP contribution < -0.4 is 0 Å². The molecule has 0 unspecified atom stereocenters. The van der Waals surface area contributed by atoms with Gasteiger partial charge in [-0.3, -0.25) is 0 Å². The van der Waals surface area contributed by atoms with Crippen LogP contribution in [-0.2, 0) is 5.91 Å². The van der Waals surface area contributed by atoms with E-state index in [0.717, 1.165) is 72.3 Å². The Labute approximate surface area is 143 Å². The maximum Gasteiger partial charge on any atom is 0.400 e. The summed E-state index contributed by atoms with van der Waals surface area (Å²) in [4.78, 5) is 21.9. The molecule has 0 amide bonds. The Morgan fingerprint density at radius 1 is 0.800 bits per heavy atom. The first kappa shape index (κ1) is 12.5.